The van der Waals surface area contributed by atoms with Gasteiger partial charge in [0.2, 0.25) is 0 Å². The number of hydrogen-bond donors (Lipinski definition) is 1. The van der Waals surface area contributed by atoms with Crippen LogP contribution in [0.15, 0.2) is 47.4 Å². The first-order valence-corrected chi connectivity index (χ1v) is 8.80. The summed E-state index contributed by atoms with van der Waals surface area (Å²) in [5.41, 5.74) is 2.46. The number of methoxy groups -OCH3 is 1. The standard InChI is InChI=1S/C17H19NO4S/c1-12-3-6-16(7-4-12)23(20,21)18-14(11-19)9-13-10-15(22-2)5-8-17(13)18/h3-8,10,14,19H,9,11H2,1-2H3. The van der Waals surface area contributed by atoms with Crippen molar-refractivity contribution >= 4 is 15.7 Å². The van der Waals surface area contributed by atoms with E-state index in [4.69, 9.17) is 4.74 Å². The summed E-state index contributed by atoms with van der Waals surface area (Å²) in [5, 5.41) is 9.65. The first kappa shape index (κ1) is 15.8. The first-order valence-electron chi connectivity index (χ1n) is 7.36. The summed E-state index contributed by atoms with van der Waals surface area (Å²) < 4.78 is 32.6. The van der Waals surface area contributed by atoms with Gasteiger partial charge in [-0.1, -0.05) is 17.7 Å². The van der Waals surface area contributed by atoms with Crippen LogP contribution in [-0.4, -0.2) is 33.3 Å². The highest BCUT2D eigenvalue weighted by atomic mass is 32.2. The minimum atomic E-state index is -3.72. The molecule has 0 aliphatic carbocycles. The number of aliphatic hydroxyl groups is 1. The number of hydrogen-bond acceptors (Lipinski definition) is 4. The van der Waals surface area contributed by atoms with Gasteiger partial charge >= 0.3 is 0 Å². The molecule has 0 bridgehead atoms. The van der Waals surface area contributed by atoms with Gasteiger partial charge in [0.1, 0.15) is 5.75 Å². The predicted octanol–water partition coefficient (Wildman–Crippen LogP) is 2.12. The van der Waals surface area contributed by atoms with Crippen LogP contribution >= 0.6 is 0 Å². The molecule has 1 N–H and O–H groups in total. The minimum absolute atomic E-state index is 0.227. The number of anilines is 1. The van der Waals surface area contributed by atoms with Gasteiger partial charge < -0.3 is 9.84 Å². The Labute approximate surface area is 136 Å². The lowest BCUT2D eigenvalue weighted by molar-refractivity contribution is 0.270. The van der Waals surface area contributed by atoms with Crippen LogP contribution in [0.4, 0.5) is 5.69 Å². The maximum absolute atomic E-state index is 13.0. The van der Waals surface area contributed by atoms with E-state index in [-0.39, 0.29) is 11.5 Å². The molecule has 0 aromatic heterocycles. The maximum atomic E-state index is 13.0. The van der Waals surface area contributed by atoms with E-state index < -0.39 is 16.1 Å². The molecule has 122 valence electrons. The Morgan fingerprint density at radius 2 is 1.91 bits per heavy atom. The molecule has 0 fully saturated rings. The SMILES string of the molecule is COc1ccc2c(c1)CC(CO)N2S(=O)(=O)c1ccc(C)cc1. The van der Waals surface area contributed by atoms with Gasteiger partial charge in [-0.05, 0) is 49.2 Å². The molecule has 2 aromatic rings. The molecule has 1 unspecified atom stereocenters. The van der Waals surface area contributed by atoms with Crippen LogP contribution in [0.1, 0.15) is 11.1 Å². The van der Waals surface area contributed by atoms with E-state index in [2.05, 4.69) is 0 Å². The van der Waals surface area contributed by atoms with Gasteiger partial charge in [-0.25, -0.2) is 8.42 Å². The van der Waals surface area contributed by atoms with Crippen LogP contribution in [0.2, 0.25) is 0 Å². The van der Waals surface area contributed by atoms with Gasteiger partial charge in [0.15, 0.2) is 0 Å². The molecule has 5 nitrogen and oxygen atoms in total. The van der Waals surface area contributed by atoms with Gasteiger partial charge in [0.25, 0.3) is 10.0 Å². The minimum Gasteiger partial charge on any atom is -0.497 e. The van der Waals surface area contributed by atoms with E-state index in [9.17, 15) is 13.5 Å². The fourth-order valence-corrected chi connectivity index (χ4v) is 4.57. The molecule has 6 heteroatoms. The number of nitrogens with zero attached hydrogens (tertiary/aromatic N) is 1. The highest BCUT2D eigenvalue weighted by Gasteiger charge is 2.38. The van der Waals surface area contributed by atoms with E-state index in [0.29, 0.717) is 17.9 Å². The lowest BCUT2D eigenvalue weighted by Crippen LogP contribution is -2.39. The van der Waals surface area contributed by atoms with E-state index in [1.807, 2.05) is 13.0 Å². The Hall–Kier alpha value is -2.05. The third kappa shape index (κ3) is 2.68. The Bertz CT molecular complexity index is 815. The van der Waals surface area contributed by atoms with Gasteiger partial charge in [-0.3, -0.25) is 4.31 Å². The molecule has 1 aliphatic rings. The van der Waals surface area contributed by atoms with Crippen molar-refractivity contribution in [3.8, 4) is 5.75 Å². The van der Waals surface area contributed by atoms with Crippen LogP contribution in [-0.2, 0) is 16.4 Å². The highest BCUT2D eigenvalue weighted by molar-refractivity contribution is 7.92. The molecule has 2 aromatic carbocycles. The summed E-state index contributed by atoms with van der Waals surface area (Å²) in [6, 6.07) is 11.5. The zero-order valence-electron chi connectivity index (χ0n) is 13.1. The van der Waals surface area contributed by atoms with Crippen LogP contribution < -0.4 is 9.04 Å². The molecule has 3 rings (SSSR count). The van der Waals surface area contributed by atoms with Crippen LogP contribution in [0, 0.1) is 6.92 Å². The smallest absolute Gasteiger partial charge is 0.264 e. The monoisotopic (exact) mass is 333 g/mol. The average molecular weight is 333 g/mol. The number of aryl methyl sites for hydroxylation is 1. The van der Waals surface area contributed by atoms with Crippen molar-refractivity contribution in [2.24, 2.45) is 0 Å². The molecule has 0 saturated carbocycles. The molecule has 23 heavy (non-hydrogen) atoms. The Kier molecular flexibility index (Phi) is 4.04. The van der Waals surface area contributed by atoms with Gasteiger partial charge in [0.05, 0.1) is 30.3 Å². The van der Waals surface area contributed by atoms with Crippen molar-refractivity contribution in [1.29, 1.82) is 0 Å². The molecular weight excluding hydrogens is 314 g/mol. The normalized spacial score (nSPS) is 17.2. The Morgan fingerprint density at radius 3 is 2.52 bits per heavy atom. The molecule has 1 atom stereocenters. The number of rotatable bonds is 4. The van der Waals surface area contributed by atoms with E-state index >= 15 is 0 Å². The largest absolute Gasteiger partial charge is 0.497 e. The predicted molar refractivity (Wildman–Crippen MR) is 88.4 cm³/mol. The third-order valence-corrected chi connectivity index (χ3v) is 5.98. The highest BCUT2D eigenvalue weighted by Crippen LogP contribution is 2.38. The second-order valence-electron chi connectivity index (χ2n) is 5.65. The first-order chi connectivity index (χ1) is 11.0. The van der Waals surface area contributed by atoms with Crippen molar-refractivity contribution < 1.29 is 18.3 Å². The summed E-state index contributed by atoms with van der Waals surface area (Å²) in [5.74, 6) is 0.676. The lowest BCUT2D eigenvalue weighted by Gasteiger charge is -2.25. The summed E-state index contributed by atoms with van der Waals surface area (Å²) in [6.45, 7) is 1.67. The third-order valence-electron chi connectivity index (χ3n) is 4.10. The van der Waals surface area contributed by atoms with E-state index in [0.717, 1.165) is 11.1 Å². The molecule has 0 saturated heterocycles. The summed E-state index contributed by atoms with van der Waals surface area (Å²) >= 11 is 0. The molecule has 1 heterocycles. The quantitative estimate of drug-likeness (QED) is 0.931. The fourth-order valence-electron chi connectivity index (χ4n) is 2.89. The van der Waals surface area contributed by atoms with Crippen molar-refractivity contribution in [1.82, 2.24) is 0 Å². The molecular formula is C17H19NO4S. The van der Waals surface area contributed by atoms with Crippen molar-refractivity contribution in [3.63, 3.8) is 0 Å². The van der Waals surface area contributed by atoms with Crippen LogP contribution in [0.5, 0.6) is 5.75 Å². The molecule has 0 spiro atoms. The topological polar surface area (TPSA) is 66.8 Å². The molecule has 0 radical (unpaired) electrons. The maximum Gasteiger partial charge on any atom is 0.264 e. The fraction of sp³-hybridized carbons (Fsp3) is 0.294. The number of ether oxygens (including phenoxy) is 1. The molecule has 1 aliphatic heterocycles. The average Bonchev–Trinajstić information content (AvgIpc) is 2.93. The number of benzene rings is 2. The summed E-state index contributed by atoms with van der Waals surface area (Å²) in [7, 11) is -2.15. The van der Waals surface area contributed by atoms with Crippen LogP contribution in [0.3, 0.4) is 0 Å². The molecule has 0 amide bonds. The zero-order valence-corrected chi connectivity index (χ0v) is 13.9. The van der Waals surface area contributed by atoms with Gasteiger partial charge in [-0.2, -0.15) is 0 Å². The lowest BCUT2D eigenvalue weighted by atomic mass is 10.1. The van der Waals surface area contributed by atoms with Gasteiger partial charge in [-0.15, -0.1) is 0 Å². The zero-order chi connectivity index (χ0) is 16.6. The second-order valence-corrected chi connectivity index (χ2v) is 7.46. The number of fused-ring (bicyclic) bond motifs is 1. The van der Waals surface area contributed by atoms with Crippen molar-refractivity contribution in [2.45, 2.75) is 24.3 Å². The van der Waals surface area contributed by atoms with Gasteiger partial charge in [0, 0.05) is 0 Å². The van der Waals surface area contributed by atoms with E-state index in [1.165, 1.54) is 4.31 Å². The Balaban J connectivity index is 2.09. The van der Waals surface area contributed by atoms with Crippen LogP contribution in [0.25, 0.3) is 0 Å². The van der Waals surface area contributed by atoms with Crippen molar-refractivity contribution in [2.75, 3.05) is 18.0 Å². The second kappa shape index (κ2) is 5.86. The Morgan fingerprint density at radius 1 is 1.22 bits per heavy atom. The van der Waals surface area contributed by atoms with Crippen molar-refractivity contribution in [3.05, 3.63) is 53.6 Å². The number of sulfonamides is 1. The summed E-state index contributed by atoms with van der Waals surface area (Å²) in [4.78, 5) is 0.227. The summed E-state index contributed by atoms with van der Waals surface area (Å²) in [6.07, 6.45) is 0.466. The van der Waals surface area contributed by atoms with E-state index in [1.54, 1.807) is 43.5 Å². The number of aliphatic hydroxyl groups excluding tert-OH is 1.